The van der Waals surface area contributed by atoms with E-state index in [4.69, 9.17) is 4.74 Å². The topological polar surface area (TPSA) is 83.6 Å². The first kappa shape index (κ1) is 19.6. The minimum absolute atomic E-state index is 0.0257. The molecule has 3 amide bonds. The maximum Gasteiger partial charge on any atom is 0.321 e. The van der Waals surface area contributed by atoms with E-state index in [0.29, 0.717) is 19.6 Å². The number of ether oxygens (including phenoxy) is 1. The van der Waals surface area contributed by atoms with E-state index < -0.39 is 0 Å². The summed E-state index contributed by atoms with van der Waals surface area (Å²) in [6.07, 6.45) is 3.70. The fraction of sp³-hybridized carbons (Fsp3) is 0.650. The van der Waals surface area contributed by atoms with Gasteiger partial charge in [0, 0.05) is 32.3 Å². The Balaban J connectivity index is 1.54. The Labute approximate surface area is 160 Å². The van der Waals surface area contributed by atoms with Crippen LogP contribution in [-0.2, 0) is 9.53 Å². The van der Waals surface area contributed by atoms with E-state index in [2.05, 4.69) is 15.6 Å². The fourth-order valence-electron chi connectivity index (χ4n) is 4.18. The Bertz CT molecular complexity index is 703. The first-order chi connectivity index (χ1) is 12.8. The predicted octanol–water partition coefficient (Wildman–Crippen LogP) is 2.69. The average molecular weight is 374 g/mol. The molecular formula is C20H30N4O3. The summed E-state index contributed by atoms with van der Waals surface area (Å²) < 4.78 is 6.25. The van der Waals surface area contributed by atoms with E-state index in [9.17, 15) is 9.59 Å². The Kier molecular flexibility index (Phi) is 5.69. The van der Waals surface area contributed by atoms with Crippen LogP contribution >= 0.6 is 0 Å². The number of carbonyl (C=O) groups is 2. The van der Waals surface area contributed by atoms with Gasteiger partial charge in [-0.3, -0.25) is 9.78 Å². The van der Waals surface area contributed by atoms with Crippen LogP contribution in [0.25, 0.3) is 0 Å². The quantitative estimate of drug-likeness (QED) is 0.852. The highest BCUT2D eigenvalue weighted by atomic mass is 16.5. The van der Waals surface area contributed by atoms with Gasteiger partial charge in [-0.05, 0) is 58.1 Å². The van der Waals surface area contributed by atoms with Gasteiger partial charge in [-0.2, -0.15) is 0 Å². The third-order valence-corrected chi connectivity index (χ3v) is 5.64. The van der Waals surface area contributed by atoms with Gasteiger partial charge in [0.15, 0.2) is 0 Å². The Morgan fingerprint density at radius 3 is 2.59 bits per heavy atom. The van der Waals surface area contributed by atoms with Crippen molar-refractivity contribution in [1.29, 1.82) is 0 Å². The van der Waals surface area contributed by atoms with E-state index in [1.807, 2.05) is 31.7 Å². The third-order valence-electron chi connectivity index (χ3n) is 5.64. The first-order valence-electron chi connectivity index (χ1n) is 9.71. The lowest BCUT2D eigenvalue weighted by Gasteiger charge is -2.39. The zero-order chi connectivity index (χ0) is 19.6. The van der Waals surface area contributed by atoms with E-state index in [1.165, 1.54) is 6.92 Å². The number of nitrogens with zero attached hydrogens (tertiary/aromatic N) is 2. The zero-order valence-corrected chi connectivity index (χ0v) is 16.7. The van der Waals surface area contributed by atoms with Gasteiger partial charge in [-0.1, -0.05) is 0 Å². The average Bonchev–Trinajstić information content (AvgIpc) is 2.99. The molecule has 1 aromatic heterocycles. The smallest absolute Gasteiger partial charge is 0.321 e. The molecule has 1 spiro atoms. The van der Waals surface area contributed by atoms with E-state index >= 15 is 0 Å². The molecule has 0 bridgehead atoms. The SMILES string of the molecule is CC(=O)NC[C@@H]1CCC2(CCN(C(=O)Nc3c(C)cc(C)nc3C)CC2)O1. The standard InChI is InChI=1S/C20H30N4O3/c1-13-11-14(2)22-15(3)18(13)23-19(26)24-9-7-20(8-10-24)6-5-17(27-20)12-21-16(4)25/h11,17H,5-10,12H2,1-4H3,(H,21,25)(H,23,26)/t17-/m0/s1. The minimum Gasteiger partial charge on any atom is -0.370 e. The minimum atomic E-state index is -0.142. The number of aromatic nitrogens is 1. The van der Waals surface area contributed by atoms with E-state index in [1.54, 1.807) is 0 Å². The number of aryl methyl sites for hydroxylation is 3. The summed E-state index contributed by atoms with van der Waals surface area (Å²) in [5.74, 6) is -0.0257. The van der Waals surface area contributed by atoms with Crippen LogP contribution in [0.15, 0.2) is 6.07 Å². The molecule has 3 rings (SSSR count). The zero-order valence-electron chi connectivity index (χ0n) is 16.7. The fourth-order valence-corrected chi connectivity index (χ4v) is 4.18. The van der Waals surface area contributed by atoms with Crippen molar-refractivity contribution in [2.24, 2.45) is 0 Å². The van der Waals surface area contributed by atoms with Gasteiger partial charge in [-0.25, -0.2) is 4.79 Å². The summed E-state index contributed by atoms with van der Waals surface area (Å²) in [5, 5.41) is 5.87. The molecular weight excluding hydrogens is 344 g/mol. The molecule has 0 unspecified atom stereocenters. The highest BCUT2D eigenvalue weighted by Crippen LogP contribution is 2.38. The molecule has 27 heavy (non-hydrogen) atoms. The summed E-state index contributed by atoms with van der Waals surface area (Å²) in [6.45, 7) is 9.31. The number of likely N-dealkylation sites (tertiary alicyclic amines) is 1. The van der Waals surface area contributed by atoms with Gasteiger partial charge < -0.3 is 20.3 Å². The highest BCUT2D eigenvalue weighted by molar-refractivity contribution is 5.90. The summed E-state index contributed by atoms with van der Waals surface area (Å²) in [5.41, 5.74) is 3.49. The van der Waals surface area contributed by atoms with Gasteiger partial charge in [0.2, 0.25) is 5.91 Å². The normalized spacial score (nSPS) is 21.3. The number of rotatable bonds is 3. The predicted molar refractivity (Wildman–Crippen MR) is 104 cm³/mol. The van der Waals surface area contributed by atoms with Gasteiger partial charge in [0.1, 0.15) is 0 Å². The number of hydrogen-bond donors (Lipinski definition) is 2. The molecule has 1 atom stereocenters. The molecule has 0 aromatic carbocycles. The number of anilines is 1. The largest absolute Gasteiger partial charge is 0.370 e. The van der Waals surface area contributed by atoms with Crippen molar-refractivity contribution >= 4 is 17.6 Å². The monoisotopic (exact) mass is 374 g/mol. The molecule has 7 nitrogen and oxygen atoms in total. The van der Waals surface area contributed by atoms with Crippen molar-refractivity contribution in [3.63, 3.8) is 0 Å². The van der Waals surface area contributed by atoms with Crippen molar-refractivity contribution in [3.8, 4) is 0 Å². The molecule has 2 fully saturated rings. The van der Waals surface area contributed by atoms with Crippen LogP contribution in [0.4, 0.5) is 10.5 Å². The van der Waals surface area contributed by atoms with Crippen LogP contribution in [-0.4, -0.2) is 53.2 Å². The molecule has 148 valence electrons. The molecule has 2 aliphatic heterocycles. The second-order valence-corrected chi connectivity index (χ2v) is 7.86. The Morgan fingerprint density at radius 1 is 1.26 bits per heavy atom. The number of carbonyl (C=O) groups excluding carboxylic acids is 2. The van der Waals surface area contributed by atoms with Gasteiger partial charge >= 0.3 is 6.03 Å². The van der Waals surface area contributed by atoms with Crippen LogP contribution in [0.1, 0.15) is 49.6 Å². The van der Waals surface area contributed by atoms with Crippen LogP contribution in [0.5, 0.6) is 0 Å². The van der Waals surface area contributed by atoms with Gasteiger partial charge in [0.05, 0.1) is 23.1 Å². The van der Waals surface area contributed by atoms with E-state index in [-0.39, 0.29) is 23.6 Å². The second kappa shape index (κ2) is 7.84. The highest BCUT2D eigenvalue weighted by Gasteiger charge is 2.43. The lowest BCUT2D eigenvalue weighted by Crippen LogP contribution is -2.48. The summed E-state index contributed by atoms with van der Waals surface area (Å²) in [6, 6.07) is 1.91. The number of piperidine rings is 1. The van der Waals surface area contributed by atoms with Crippen molar-refractivity contribution in [3.05, 3.63) is 23.0 Å². The van der Waals surface area contributed by atoms with E-state index in [0.717, 1.165) is 48.3 Å². The number of nitrogens with one attached hydrogen (secondary N) is 2. The molecule has 0 radical (unpaired) electrons. The molecule has 7 heteroatoms. The van der Waals surface area contributed by atoms with Crippen molar-refractivity contribution in [2.45, 2.75) is 65.1 Å². The van der Waals surface area contributed by atoms with Gasteiger partial charge in [-0.15, -0.1) is 0 Å². The number of amides is 3. The molecule has 2 N–H and O–H groups in total. The maximum atomic E-state index is 12.7. The van der Waals surface area contributed by atoms with Gasteiger partial charge in [0.25, 0.3) is 0 Å². The van der Waals surface area contributed by atoms with Crippen molar-refractivity contribution < 1.29 is 14.3 Å². The number of hydrogen-bond acceptors (Lipinski definition) is 4. The molecule has 3 heterocycles. The lowest BCUT2D eigenvalue weighted by molar-refractivity contribution is -0.120. The summed E-state index contributed by atoms with van der Waals surface area (Å²) in [7, 11) is 0. The van der Waals surface area contributed by atoms with Crippen LogP contribution in [0, 0.1) is 20.8 Å². The third kappa shape index (κ3) is 4.58. The van der Waals surface area contributed by atoms with Crippen LogP contribution in [0.3, 0.4) is 0 Å². The molecule has 0 aliphatic carbocycles. The van der Waals surface area contributed by atoms with Crippen LogP contribution < -0.4 is 10.6 Å². The molecule has 1 aromatic rings. The Hall–Kier alpha value is -2.15. The number of pyridine rings is 1. The lowest BCUT2D eigenvalue weighted by atomic mass is 9.88. The number of urea groups is 1. The summed E-state index contributed by atoms with van der Waals surface area (Å²) >= 11 is 0. The first-order valence-corrected chi connectivity index (χ1v) is 9.71. The molecule has 2 aliphatic rings. The molecule has 2 saturated heterocycles. The second-order valence-electron chi connectivity index (χ2n) is 7.86. The summed E-state index contributed by atoms with van der Waals surface area (Å²) in [4.78, 5) is 30.1. The maximum absolute atomic E-state index is 12.7. The molecule has 0 saturated carbocycles. The Morgan fingerprint density at radius 2 is 1.96 bits per heavy atom. The van der Waals surface area contributed by atoms with Crippen LogP contribution in [0.2, 0.25) is 0 Å². The van der Waals surface area contributed by atoms with Crippen molar-refractivity contribution in [1.82, 2.24) is 15.2 Å². The van der Waals surface area contributed by atoms with Crippen molar-refractivity contribution in [2.75, 3.05) is 25.0 Å².